The first-order valence-electron chi connectivity index (χ1n) is 7.56. The number of carbonyl (C=O) groups is 1. The van der Waals surface area contributed by atoms with Crippen LogP contribution in [0.15, 0.2) is 24.3 Å². The lowest BCUT2D eigenvalue weighted by molar-refractivity contribution is -0.121. The molecule has 0 saturated carbocycles. The van der Waals surface area contributed by atoms with Crippen molar-refractivity contribution < 1.29 is 9.18 Å². The van der Waals surface area contributed by atoms with E-state index in [4.69, 9.17) is 0 Å². The lowest BCUT2D eigenvalue weighted by Crippen LogP contribution is -2.41. The third kappa shape index (κ3) is 5.81. The van der Waals surface area contributed by atoms with Gasteiger partial charge in [0.2, 0.25) is 5.91 Å². The average molecular weight is 293 g/mol. The number of nitrogens with zero attached hydrogens (tertiary/aromatic N) is 1. The third-order valence-electron chi connectivity index (χ3n) is 3.76. The number of hydrogen-bond acceptors (Lipinski definition) is 3. The molecule has 1 aromatic carbocycles. The maximum atomic E-state index is 12.8. The van der Waals surface area contributed by atoms with Gasteiger partial charge < -0.3 is 10.6 Å². The van der Waals surface area contributed by atoms with Gasteiger partial charge in [-0.2, -0.15) is 0 Å². The molecular formula is C16H24FN3O. The Labute approximate surface area is 125 Å². The van der Waals surface area contributed by atoms with E-state index < -0.39 is 0 Å². The monoisotopic (exact) mass is 293 g/mol. The van der Waals surface area contributed by atoms with Crippen LogP contribution in [0.4, 0.5) is 4.39 Å². The molecule has 1 saturated heterocycles. The Hall–Kier alpha value is -1.46. The highest BCUT2D eigenvalue weighted by molar-refractivity contribution is 5.77. The van der Waals surface area contributed by atoms with Crippen molar-refractivity contribution in [3.63, 3.8) is 0 Å². The van der Waals surface area contributed by atoms with Gasteiger partial charge in [0, 0.05) is 19.1 Å². The first-order chi connectivity index (χ1) is 10.1. The first-order valence-corrected chi connectivity index (χ1v) is 7.56. The maximum Gasteiger partial charge on any atom is 0.234 e. The molecule has 1 amide bonds. The number of benzene rings is 1. The Morgan fingerprint density at radius 2 is 2.19 bits per heavy atom. The van der Waals surface area contributed by atoms with Gasteiger partial charge >= 0.3 is 0 Å². The molecular weight excluding hydrogens is 269 g/mol. The summed E-state index contributed by atoms with van der Waals surface area (Å²) in [6.45, 7) is 3.00. The van der Waals surface area contributed by atoms with Crippen molar-refractivity contribution in [1.29, 1.82) is 0 Å². The molecule has 0 aromatic heterocycles. The third-order valence-corrected chi connectivity index (χ3v) is 3.76. The number of nitrogens with one attached hydrogen (secondary N) is 2. The summed E-state index contributed by atoms with van der Waals surface area (Å²) in [5.41, 5.74) is 1.03. The number of rotatable bonds is 7. The van der Waals surface area contributed by atoms with E-state index in [2.05, 4.69) is 15.5 Å². The van der Waals surface area contributed by atoms with Gasteiger partial charge in [-0.25, -0.2) is 4.39 Å². The van der Waals surface area contributed by atoms with Crippen molar-refractivity contribution in [3.05, 3.63) is 35.6 Å². The number of halogens is 1. The van der Waals surface area contributed by atoms with Crippen molar-refractivity contribution in [2.24, 2.45) is 0 Å². The van der Waals surface area contributed by atoms with E-state index in [9.17, 15) is 9.18 Å². The lowest BCUT2D eigenvalue weighted by atomic mass is 10.1. The van der Waals surface area contributed by atoms with Crippen molar-refractivity contribution in [1.82, 2.24) is 15.5 Å². The van der Waals surface area contributed by atoms with Gasteiger partial charge in [-0.05, 0) is 50.6 Å². The average Bonchev–Trinajstić information content (AvgIpc) is 2.93. The summed E-state index contributed by atoms with van der Waals surface area (Å²) >= 11 is 0. The molecule has 1 atom stereocenters. The molecule has 21 heavy (non-hydrogen) atoms. The molecule has 4 nitrogen and oxygen atoms in total. The zero-order chi connectivity index (χ0) is 15.1. The van der Waals surface area contributed by atoms with Gasteiger partial charge in [0.1, 0.15) is 5.82 Å². The highest BCUT2D eigenvalue weighted by Gasteiger charge is 2.16. The van der Waals surface area contributed by atoms with Crippen LogP contribution in [-0.4, -0.2) is 50.1 Å². The molecule has 1 fully saturated rings. The van der Waals surface area contributed by atoms with E-state index in [1.54, 1.807) is 12.1 Å². The molecule has 1 heterocycles. The topological polar surface area (TPSA) is 44.4 Å². The zero-order valence-corrected chi connectivity index (χ0v) is 12.6. The largest absolute Gasteiger partial charge is 0.355 e. The molecule has 0 spiro atoms. The molecule has 5 heteroatoms. The lowest BCUT2D eigenvalue weighted by Gasteiger charge is -2.20. The molecule has 2 rings (SSSR count). The molecule has 0 radical (unpaired) electrons. The molecule has 0 bridgehead atoms. The summed E-state index contributed by atoms with van der Waals surface area (Å²) in [7, 11) is 1.97. The quantitative estimate of drug-likeness (QED) is 0.793. The first kappa shape index (κ1) is 15.9. The predicted molar refractivity (Wildman–Crippen MR) is 81.6 cm³/mol. The van der Waals surface area contributed by atoms with Gasteiger partial charge in [-0.3, -0.25) is 9.69 Å². The molecule has 116 valence electrons. The number of hydrogen-bond donors (Lipinski definition) is 2. The number of carbonyl (C=O) groups excluding carboxylic acids is 1. The second-order valence-corrected chi connectivity index (χ2v) is 5.72. The van der Waals surface area contributed by atoms with Crippen LogP contribution in [0.1, 0.15) is 18.4 Å². The van der Waals surface area contributed by atoms with Crippen molar-refractivity contribution in [2.75, 3.05) is 33.2 Å². The SMILES string of the molecule is CN(CC(=O)NCCc1ccc(F)cc1)CC1CCCN1. The molecule has 1 unspecified atom stereocenters. The molecule has 1 aromatic rings. The Kier molecular flexibility index (Phi) is 6.14. The van der Waals surface area contributed by atoms with Crippen LogP contribution in [0.3, 0.4) is 0 Å². The minimum Gasteiger partial charge on any atom is -0.355 e. The van der Waals surface area contributed by atoms with Gasteiger partial charge in [0.15, 0.2) is 0 Å². The standard InChI is InChI=1S/C16H24FN3O/c1-20(11-15-3-2-9-18-15)12-16(21)19-10-8-13-4-6-14(17)7-5-13/h4-7,15,18H,2-3,8-12H2,1H3,(H,19,21). The van der Waals surface area contributed by atoms with Crippen molar-refractivity contribution in [2.45, 2.75) is 25.3 Å². The van der Waals surface area contributed by atoms with E-state index in [-0.39, 0.29) is 11.7 Å². The van der Waals surface area contributed by atoms with Crippen molar-refractivity contribution >= 4 is 5.91 Å². The minimum atomic E-state index is -0.232. The van der Waals surface area contributed by atoms with Crippen LogP contribution in [0, 0.1) is 5.82 Å². The van der Waals surface area contributed by atoms with Gasteiger partial charge in [0.05, 0.1) is 6.54 Å². The highest BCUT2D eigenvalue weighted by atomic mass is 19.1. The summed E-state index contributed by atoms with van der Waals surface area (Å²) in [6, 6.07) is 6.90. The van der Waals surface area contributed by atoms with Crippen LogP contribution in [0.25, 0.3) is 0 Å². The minimum absolute atomic E-state index is 0.0395. The Morgan fingerprint density at radius 3 is 2.86 bits per heavy atom. The van der Waals surface area contributed by atoms with Gasteiger partial charge in [-0.1, -0.05) is 12.1 Å². The normalized spacial score (nSPS) is 18.1. The van der Waals surface area contributed by atoms with Crippen LogP contribution in [0.2, 0.25) is 0 Å². The summed E-state index contributed by atoms with van der Waals surface area (Å²) in [5, 5.41) is 6.33. The fraction of sp³-hybridized carbons (Fsp3) is 0.562. The van der Waals surface area contributed by atoms with E-state index >= 15 is 0 Å². The summed E-state index contributed by atoms with van der Waals surface area (Å²) in [5.74, 6) is -0.192. The van der Waals surface area contributed by atoms with Gasteiger partial charge in [0.25, 0.3) is 0 Å². The zero-order valence-electron chi connectivity index (χ0n) is 12.6. The predicted octanol–water partition coefficient (Wildman–Crippen LogP) is 1.17. The van der Waals surface area contributed by atoms with Crippen LogP contribution in [0.5, 0.6) is 0 Å². The van der Waals surface area contributed by atoms with Crippen molar-refractivity contribution in [3.8, 4) is 0 Å². The van der Waals surface area contributed by atoms with Crippen LogP contribution in [-0.2, 0) is 11.2 Å². The molecule has 0 aliphatic carbocycles. The highest BCUT2D eigenvalue weighted by Crippen LogP contribution is 2.06. The van der Waals surface area contributed by atoms with E-state index in [0.29, 0.717) is 19.1 Å². The summed E-state index contributed by atoms with van der Waals surface area (Å²) < 4.78 is 12.8. The van der Waals surface area contributed by atoms with E-state index in [0.717, 1.165) is 25.1 Å². The Bertz CT molecular complexity index is 443. The second-order valence-electron chi connectivity index (χ2n) is 5.72. The fourth-order valence-corrected chi connectivity index (χ4v) is 2.65. The van der Waals surface area contributed by atoms with Crippen LogP contribution >= 0.6 is 0 Å². The molecule has 2 N–H and O–H groups in total. The number of likely N-dealkylation sites (N-methyl/N-ethyl adjacent to an activating group) is 1. The summed E-state index contributed by atoms with van der Waals surface area (Å²) in [6.07, 6.45) is 3.14. The smallest absolute Gasteiger partial charge is 0.234 e. The Morgan fingerprint density at radius 1 is 1.43 bits per heavy atom. The number of amides is 1. The Balaban J connectivity index is 1.61. The van der Waals surface area contributed by atoms with Gasteiger partial charge in [-0.15, -0.1) is 0 Å². The second kappa shape index (κ2) is 8.10. The van der Waals surface area contributed by atoms with E-state index in [1.165, 1.54) is 25.0 Å². The molecule has 1 aliphatic rings. The maximum absolute atomic E-state index is 12.8. The van der Waals surface area contributed by atoms with Crippen LogP contribution < -0.4 is 10.6 Å². The molecule has 1 aliphatic heterocycles. The fourth-order valence-electron chi connectivity index (χ4n) is 2.65. The van der Waals surface area contributed by atoms with E-state index in [1.807, 2.05) is 7.05 Å². The summed E-state index contributed by atoms with van der Waals surface area (Å²) in [4.78, 5) is 13.9.